The van der Waals surface area contributed by atoms with Gasteiger partial charge in [0, 0.05) is 19.0 Å². The third-order valence-electron chi connectivity index (χ3n) is 7.20. The molecule has 15 nitrogen and oxygen atoms in total. The lowest BCUT2D eigenvalue weighted by Crippen LogP contribution is -2.45. The minimum atomic E-state index is -1.31. The van der Waals surface area contributed by atoms with E-state index in [0.717, 1.165) is 33.2 Å². The van der Waals surface area contributed by atoms with Crippen molar-refractivity contribution in [2.75, 3.05) is 47.0 Å². The van der Waals surface area contributed by atoms with Gasteiger partial charge < -0.3 is 39.6 Å². The number of benzene rings is 3. The fraction of sp³-hybridized carbons (Fsp3) is 0.290. The van der Waals surface area contributed by atoms with Crippen molar-refractivity contribution >= 4 is 29.8 Å². The number of ether oxygens (including phenoxy) is 4. The zero-order valence-corrected chi connectivity index (χ0v) is 25.0. The number of nitrogens with zero attached hydrogens (tertiary/aromatic N) is 2. The van der Waals surface area contributed by atoms with E-state index in [1.165, 1.54) is 20.3 Å². The van der Waals surface area contributed by atoms with Gasteiger partial charge in [0.25, 0.3) is 5.69 Å². The Kier molecular flexibility index (Phi) is 10.9. The Balaban J connectivity index is 1.25. The quantitative estimate of drug-likeness (QED) is 0.173. The molecule has 0 atom stereocenters. The minimum Gasteiger partial charge on any atom is -0.493 e. The van der Waals surface area contributed by atoms with Crippen LogP contribution in [0.1, 0.15) is 22.6 Å². The maximum Gasteiger partial charge on any atom is 0.407 e. The molecule has 1 aliphatic carbocycles. The predicted molar refractivity (Wildman–Crippen MR) is 162 cm³/mol. The number of nitro groups is 1. The highest BCUT2D eigenvalue weighted by molar-refractivity contribution is 5.85. The molecule has 3 aromatic carbocycles. The molecule has 0 spiro atoms. The van der Waals surface area contributed by atoms with Crippen LogP contribution in [0.15, 0.2) is 60.7 Å². The molecule has 15 heteroatoms. The second kappa shape index (κ2) is 15.2. The number of amides is 3. The van der Waals surface area contributed by atoms with Crippen molar-refractivity contribution in [1.82, 2.24) is 15.5 Å². The van der Waals surface area contributed by atoms with Gasteiger partial charge in [0.1, 0.15) is 26.3 Å². The summed E-state index contributed by atoms with van der Waals surface area (Å²) in [6.45, 7) is -2.09. The van der Waals surface area contributed by atoms with Crippen molar-refractivity contribution in [3.05, 3.63) is 87.5 Å². The Morgan fingerprint density at radius 3 is 2.07 bits per heavy atom. The van der Waals surface area contributed by atoms with Gasteiger partial charge in [0.2, 0.25) is 5.91 Å². The van der Waals surface area contributed by atoms with Crippen molar-refractivity contribution in [2.24, 2.45) is 0 Å². The van der Waals surface area contributed by atoms with Crippen molar-refractivity contribution < 1.29 is 48.2 Å². The zero-order valence-electron chi connectivity index (χ0n) is 25.0. The molecular formula is C31H32N4O11. The first-order chi connectivity index (χ1) is 22.1. The van der Waals surface area contributed by atoms with Gasteiger partial charge in [0.15, 0.2) is 11.5 Å². The number of carboxylic acids is 1. The maximum atomic E-state index is 12.7. The number of nitro benzene ring substituents is 1. The molecule has 3 amide bonds. The topological polar surface area (TPSA) is 196 Å². The Morgan fingerprint density at radius 2 is 1.48 bits per heavy atom. The summed E-state index contributed by atoms with van der Waals surface area (Å²) in [5.41, 5.74) is 3.88. The van der Waals surface area contributed by atoms with Gasteiger partial charge in [-0.05, 0) is 28.3 Å². The van der Waals surface area contributed by atoms with E-state index >= 15 is 0 Å². The molecule has 0 bridgehead atoms. The zero-order chi connectivity index (χ0) is 33.2. The van der Waals surface area contributed by atoms with Gasteiger partial charge >= 0.3 is 18.2 Å². The van der Waals surface area contributed by atoms with E-state index in [1.54, 1.807) is 0 Å². The lowest BCUT2D eigenvalue weighted by atomic mass is 9.98. The number of carbonyl (C=O) groups excluding carboxylic acids is 3. The molecule has 0 aliphatic heterocycles. The third-order valence-corrected chi connectivity index (χ3v) is 7.20. The monoisotopic (exact) mass is 636 g/mol. The summed E-state index contributed by atoms with van der Waals surface area (Å²) in [5, 5.41) is 25.4. The molecule has 0 saturated carbocycles. The van der Waals surface area contributed by atoms with E-state index in [-0.39, 0.29) is 48.4 Å². The van der Waals surface area contributed by atoms with E-state index < -0.39 is 48.7 Å². The van der Waals surface area contributed by atoms with Gasteiger partial charge in [-0.1, -0.05) is 48.5 Å². The summed E-state index contributed by atoms with van der Waals surface area (Å²) >= 11 is 0. The number of nitrogens with one attached hydrogen (secondary N) is 2. The molecule has 0 fully saturated rings. The van der Waals surface area contributed by atoms with Crippen LogP contribution in [-0.2, 0) is 25.7 Å². The number of aliphatic carboxylic acids is 1. The van der Waals surface area contributed by atoms with Crippen LogP contribution >= 0.6 is 0 Å². The van der Waals surface area contributed by atoms with Crippen LogP contribution in [0, 0.1) is 10.1 Å². The molecule has 242 valence electrons. The smallest absolute Gasteiger partial charge is 0.407 e. The van der Waals surface area contributed by atoms with Crippen molar-refractivity contribution in [3.63, 3.8) is 0 Å². The van der Waals surface area contributed by atoms with Crippen LogP contribution in [0.3, 0.4) is 0 Å². The summed E-state index contributed by atoms with van der Waals surface area (Å²) in [6.07, 6.45) is -1.82. The predicted octanol–water partition coefficient (Wildman–Crippen LogP) is 3.29. The van der Waals surface area contributed by atoms with Gasteiger partial charge in [-0.15, -0.1) is 0 Å². The van der Waals surface area contributed by atoms with E-state index in [4.69, 9.17) is 18.9 Å². The van der Waals surface area contributed by atoms with Gasteiger partial charge in [-0.2, -0.15) is 0 Å². The van der Waals surface area contributed by atoms with E-state index in [0.29, 0.717) is 0 Å². The summed E-state index contributed by atoms with van der Waals surface area (Å²) in [5.74, 6) is -1.94. The maximum absolute atomic E-state index is 12.7. The highest BCUT2D eigenvalue weighted by Gasteiger charge is 2.29. The van der Waals surface area contributed by atoms with Crippen molar-refractivity contribution in [2.45, 2.75) is 12.5 Å². The van der Waals surface area contributed by atoms with E-state index in [1.807, 2.05) is 48.5 Å². The molecule has 0 unspecified atom stereocenters. The van der Waals surface area contributed by atoms with Gasteiger partial charge in [-0.25, -0.2) is 9.59 Å². The second-order valence-electron chi connectivity index (χ2n) is 9.98. The molecule has 3 N–H and O–H groups in total. The first-order valence-corrected chi connectivity index (χ1v) is 14.0. The number of carbonyl (C=O) groups is 4. The second-order valence-corrected chi connectivity index (χ2v) is 9.98. The fourth-order valence-corrected chi connectivity index (χ4v) is 5.05. The van der Waals surface area contributed by atoms with Crippen LogP contribution in [0.2, 0.25) is 0 Å². The molecule has 3 aromatic rings. The molecule has 0 radical (unpaired) electrons. The van der Waals surface area contributed by atoms with Crippen LogP contribution < -0.4 is 20.1 Å². The summed E-state index contributed by atoms with van der Waals surface area (Å²) < 4.78 is 20.7. The number of fused-ring (bicyclic) bond motifs is 3. The van der Waals surface area contributed by atoms with Crippen LogP contribution in [0.4, 0.5) is 15.3 Å². The highest BCUT2D eigenvalue weighted by Crippen LogP contribution is 2.44. The molecule has 0 heterocycles. The van der Waals surface area contributed by atoms with Crippen molar-refractivity contribution in [1.29, 1.82) is 0 Å². The first-order valence-electron chi connectivity index (χ1n) is 14.0. The number of carboxylic acid groups (broad SMARTS) is 1. The molecule has 4 rings (SSSR count). The standard InChI is InChI=1S/C31H32N4O11/c1-43-26-13-19(25(35(41)42)14-27(26)44-2)17-45-31(40)33-15-28(36)34(16-29(37)38)12-11-32-30(39)46-18-24-22-9-5-3-7-20(22)21-8-4-6-10-23(21)24/h3-10,13-14,24H,11-12,15-18H2,1-2H3,(H,32,39)(H,33,40)(H,37,38). The average Bonchev–Trinajstić information content (AvgIpc) is 3.37. The largest absolute Gasteiger partial charge is 0.493 e. The Morgan fingerprint density at radius 1 is 0.891 bits per heavy atom. The average molecular weight is 637 g/mol. The summed E-state index contributed by atoms with van der Waals surface area (Å²) in [6, 6.07) is 18.1. The Hall–Kier alpha value is -5.86. The minimum absolute atomic E-state index is 0.0101. The van der Waals surface area contributed by atoms with Crippen LogP contribution in [0.25, 0.3) is 11.1 Å². The lowest BCUT2D eigenvalue weighted by molar-refractivity contribution is -0.385. The first kappa shape index (κ1) is 33.0. The SMILES string of the molecule is COc1cc(COC(=O)NCC(=O)N(CCNC(=O)OCC2c3ccccc3-c3ccccc32)CC(=O)O)c([N+](=O)[O-])cc1OC. The molecule has 0 saturated heterocycles. The number of alkyl carbamates (subject to hydrolysis) is 2. The molecule has 1 aliphatic rings. The van der Waals surface area contributed by atoms with Crippen molar-refractivity contribution in [3.8, 4) is 22.6 Å². The van der Waals surface area contributed by atoms with Gasteiger partial charge in [-0.3, -0.25) is 19.7 Å². The molecular weight excluding hydrogens is 604 g/mol. The molecule has 46 heavy (non-hydrogen) atoms. The molecule has 0 aromatic heterocycles. The highest BCUT2D eigenvalue weighted by atomic mass is 16.6. The van der Waals surface area contributed by atoms with E-state index in [9.17, 15) is 34.4 Å². The summed E-state index contributed by atoms with van der Waals surface area (Å²) in [4.78, 5) is 60.4. The third kappa shape index (κ3) is 7.99. The number of hydrogen-bond donors (Lipinski definition) is 3. The summed E-state index contributed by atoms with van der Waals surface area (Å²) in [7, 11) is 2.65. The Bertz CT molecular complexity index is 1580. The van der Waals surface area contributed by atoms with Crippen LogP contribution in [-0.4, -0.2) is 86.0 Å². The lowest BCUT2D eigenvalue weighted by Gasteiger charge is -2.21. The Labute approximate surface area is 263 Å². The number of rotatable bonds is 14. The van der Waals surface area contributed by atoms with Crippen LogP contribution in [0.5, 0.6) is 11.5 Å². The number of methoxy groups -OCH3 is 2. The number of hydrogen-bond acceptors (Lipinski definition) is 10. The fourth-order valence-electron chi connectivity index (χ4n) is 5.05. The van der Waals surface area contributed by atoms with E-state index in [2.05, 4.69) is 10.6 Å². The van der Waals surface area contributed by atoms with Gasteiger partial charge in [0.05, 0.1) is 30.8 Å². The normalized spacial score (nSPS) is 11.4.